The molecule has 0 aliphatic heterocycles. The second-order valence-electron chi connectivity index (χ2n) is 6.23. The van der Waals surface area contributed by atoms with Gasteiger partial charge in [0.2, 0.25) is 0 Å². The predicted octanol–water partition coefficient (Wildman–Crippen LogP) is 3.25. The van der Waals surface area contributed by atoms with Crippen LogP contribution in [0.3, 0.4) is 0 Å². The average Bonchev–Trinajstić information content (AvgIpc) is 2.44. The minimum absolute atomic E-state index is 0.0451. The van der Waals surface area contributed by atoms with Crippen LogP contribution in [0.4, 0.5) is 5.82 Å². The molecule has 0 spiro atoms. The van der Waals surface area contributed by atoms with Crippen molar-refractivity contribution in [2.24, 2.45) is 5.92 Å². The summed E-state index contributed by atoms with van der Waals surface area (Å²) in [6.45, 7) is 4.91. The highest BCUT2D eigenvalue weighted by Crippen LogP contribution is 2.31. The Morgan fingerprint density at radius 1 is 1.40 bits per heavy atom. The van der Waals surface area contributed by atoms with Crippen molar-refractivity contribution in [3.05, 3.63) is 22.7 Å². The molecule has 1 fully saturated rings. The van der Waals surface area contributed by atoms with Crippen LogP contribution in [0.1, 0.15) is 46.0 Å². The van der Waals surface area contributed by atoms with Crippen LogP contribution in [0.15, 0.2) is 17.2 Å². The maximum absolute atomic E-state index is 12.4. The molecule has 1 saturated carbocycles. The molecule has 0 radical (unpaired) electrons. The number of hydrogen-bond donors (Lipinski definition) is 1. The van der Waals surface area contributed by atoms with Gasteiger partial charge >= 0.3 is 0 Å². The van der Waals surface area contributed by atoms with Gasteiger partial charge in [0.15, 0.2) is 5.82 Å². The molecule has 1 aromatic rings. The first-order valence-electron chi connectivity index (χ1n) is 7.46. The van der Waals surface area contributed by atoms with Crippen LogP contribution in [0, 0.1) is 5.92 Å². The lowest BCUT2D eigenvalue weighted by Crippen LogP contribution is -2.44. The monoisotopic (exact) mass is 297 g/mol. The molecule has 1 N–H and O–H groups in total. The number of hydrogen-bond acceptors (Lipinski definition) is 3. The fraction of sp³-hybridized carbons (Fsp3) is 0.733. The van der Waals surface area contributed by atoms with E-state index in [1.165, 1.54) is 6.42 Å². The van der Waals surface area contributed by atoms with Crippen LogP contribution in [0.25, 0.3) is 0 Å². The summed E-state index contributed by atoms with van der Waals surface area (Å²) in [4.78, 5) is 16.7. The van der Waals surface area contributed by atoms with E-state index >= 15 is 0 Å². The molecular weight excluding hydrogens is 274 g/mol. The molecule has 1 aliphatic carbocycles. The number of nitrogens with zero attached hydrogens (tertiary/aromatic N) is 2. The zero-order chi connectivity index (χ0) is 14.6. The summed E-state index contributed by atoms with van der Waals surface area (Å²) >= 11 is 6.16. The number of anilines is 1. The van der Waals surface area contributed by atoms with Gasteiger partial charge in [0.25, 0.3) is 5.56 Å². The van der Waals surface area contributed by atoms with Crippen LogP contribution in [-0.2, 0) is 6.54 Å². The zero-order valence-corrected chi connectivity index (χ0v) is 13.1. The molecule has 112 valence electrons. The fourth-order valence-electron chi connectivity index (χ4n) is 2.84. The van der Waals surface area contributed by atoms with E-state index in [2.05, 4.69) is 24.1 Å². The Kier molecular flexibility index (Phi) is 5.08. The summed E-state index contributed by atoms with van der Waals surface area (Å²) in [5, 5.41) is 3.35. The standard InChI is InChI=1S/C15H24ClN3O/c1-12(2)10-19-9-8-17-13(14(19)20)18-15(11-16)6-4-3-5-7-15/h8-9,12H,3-7,10-11H2,1-2H3,(H,17,18). The van der Waals surface area contributed by atoms with E-state index < -0.39 is 0 Å². The number of rotatable bonds is 5. The average molecular weight is 298 g/mol. The second kappa shape index (κ2) is 6.61. The predicted molar refractivity (Wildman–Crippen MR) is 83.5 cm³/mol. The maximum atomic E-state index is 12.4. The van der Waals surface area contributed by atoms with Crippen LogP contribution >= 0.6 is 11.6 Å². The molecule has 0 unspecified atom stereocenters. The Morgan fingerprint density at radius 3 is 2.70 bits per heavy atom. The Balaban J connectivity index is 2.22. The van der Waals surface area contributed by atoms with Gasteiger partial charge in [0.05, 0.1) is 5.54 Å². The molecule has 0 saturated heterocycles. The number of halogens is 1. The number of nitrogens with one attached hydrogen (secondary N) is 1. The van der Waals surface area contributed by atoms with Gasteiger partial charge in [-0.25, -0.2) is 4.98 Å². The summed E-state index contributed by atoms with van der Waals surface area (Å²) in [6.07, 6.45) is 9.03. The van der Waals surface area contributed by atoms with Crippen LogP contribution < -0.4 is 10.9 Å². The third-order valence-electron chi connectivity index (χ3n) is 3.93. The lowest BCUT2D eigenvalue weighted by Gasteiger charge is -2.36. The highest BCUT2D eigenvalue weighted by molar-refractivity contribution is 6.18. The molecule has 4 nitrogen and oxygen atoms in total. The molecule has 0 atom stereocenters. The minimum atomic E-state index is -0.164. The molecule has 0 bridgehead atoms. The summed E-state index contributed by atoms with van der Waals surface area (Å²) < 4.78 is 1.73. The molecule has 5 heteroatoms. The van der Waals surface area contributed by atoms with Gasteiger partial charge in [-0.05, 0) is 18.8 Å². The van der Waals surface area contributed by atoms with Crippen molar-refractivity contribution in [1.29, 1.82) is 0 Å². The molecule has 20 heavy (non-hydrogen) atoms. The van der Waals surface area contributed by atoms with Crippen LogP contribution in [-0.4, -0.2) is 21.0 Å². The molecular formula is C15H24ClN3O. The van der Waals surface area contributed by atoms with Gasteiger partial charge in [0, 0.05) is 24.8 Å². The maximum Gasteiger partial charge on any atom is 0.293 e. The molecule has 1 aromatic heterocycles. The minimum Gasteiger partial charge on any atom is -0.359 e. The third kappa shape index (κ3) is 3.54. The van der Waals surface area contributed by atoms with E-state index in [1.807, 2.05) is 0 Å². The first kappa shape index (κ1) is 15.4. The highest BCUT2D eigenvalue weighted by atomic mass is 35.5. The molecule has 1 aliphatic rings. The van der Waals surface area contributed by atoms with E-state index in [0.717, 1.165) is 25.7 Å². The number of alkyl halides is 1. The second-order valence-corrected chi connectivity index (χ2v) is 6.49. The van der Waals surface area contributed by atoms with Crippen molar-refractivity contribution >= 4 is 17.4 Å². The van der Waals surface area contributed by atoms with E-state index in [-0.39, 0.29) is 11.1 Å². The SMILES string of the molecule is CC(C)Cn1ccnc(NC2(CCl)CCCCC2)c1=O. The largest absolute Gasteiger partial charge is 0.359 e. The summed E-state index contributed by atoms with van der Waals surface area (Å²) in [7, 11) is 0. The van der Waals surface area contributed by atoms with E-state index in [9.17, 15) is 4.79 Å². The smallest absolute Gasteiger partial charge is 0.293 e. The van der Waals surface area contributed by atoms with Crippen LogP contribution in [0.5, 0.6) is 0 Å². The Bertz CT molecular complexity index is 492. The normalized spacial score (nSPS) is 18.2. The molecule has 2 rings (SSSR count). The molecule has 0 amide bonds. The lowest BCUT2D eigenvalue weighted by atomic mass is 9.83. The first-order chi connectivity index (χ1) is 9.56. The van der Waals surface area contributed by atoms with Gasteiger partial charge in [-0.3, -0.25) is 4.79 Å². The quantitative estimate of drug-likeness (QED) is 0.849. The summed E-state index contributed by atoms with van der Waals surface area (Å²) in [5.74, 6) is 1.39. The lowest BCUT2D eigenvalue weighted by molar-refractivity contribution is 0.351. The fourth-order valence-corrected chi connectivity index (χ4v) is 3.18. The van der Waals surface area contributed by atoms with Crippen molar-refractivity contribution in [1.82, 2.24) is 9.55 Å². The zero-order valence-electron chi connectivity index (χ0n) is 12.4. The van der Waals surface area contributed by atoms with Gasteiger partial charge in [0.1, 0.15) is 0 Å². The number of aromatic nitrogens is 2. The van der Waals surface area contributed by atoms with E-state index in [0.29, 0.717) is 24.2 Å². The molecule has 0 aromatic carbocycles. The van der Waals surface area contributed by atoms with Crippen molar-refractivity contribution in [2.75, 3.05) is 11.2 Å². The van der Waals surface area contributed by atoms with Gasteiger partial charge < -0.3 is 9.88 Å². The van der Waals surface area contributed by atoms with Crippen molar-refractivity contribution in [3.8, 4) is 0 Å². The van der Waals surface area contributed by atoms with Crippen molar-refractivity contribution in [2.45, 2.75) is 58.0 Å². The summed E-state index contributed by atoms with van der Waals surface area (Å²) in [6, 6.07) is 0. The topological polar surface area (TPSA) is 46.9 Å². The highest BCUT2D eigenvalue weighted by Gasteiger charge is 2.32. The summed E-state index contributed by atoms with van der Waals surface area (Å²) in [5.41, 5.74) is -0.209. The van der Waals surface area contributed by atoms with E-state index in [4.69, 9.17) is 11.6 Å². The Hall–Kier alpha value is -1.03. The molecule has 1 heterocycles. The van der Waals surface area contributed by atoms with Crippen LogP contribution in [0.2, 0.25) is 0 Å². The Morgan fingerprint density at radius 2 is 2.10 bits per heavy atom. The van der Waals surface area contributed by atoms with Gasteiger partial charge in [-0.2, -0.15) is 0 Å². The van der Waals surface area contributed by atoms with Gasteiger partial charge in [-0.1, -0.05) is 33.1 Å². The van der Waals surface area contributed by atoms with Crippen molar-refractivity contribution < 1.29 is 0 Å². The van der Waals surface area contributed by atoms with Gasteiger partial charge in [-0.15, -0.1) is 11.6 Å². The third-order valence-corrected chi connectivity index (χ3v) is 4.44. The van der Waals surface area contributed by atoms with E-state index in [1.54, 1.807) is 17.0 Å². The Labute approximate surface area is 125 Å². The van der Waals surface area contributed by atoms with Crippen molar-refractivity contribution in [3.63, 3.8) is 0 Å². The first-order valence-corrected chi connectivity index (χ1v) is 7.99.